The van der Waals surface area contributed by atoms with Crippen LogP contribution in [0.15, 0.2) is 34.9 Å². The van der Waals surface area contributed by atoms with E-state index in [4.69, 9.17) is 18.6 Å². The summed E-state index contributed by atoms with van der Waals surface area (Å²) < 4.78 is 22.0. The highest BCUT2D eigenvalue weighted by atomic mass is 16.5. The number of nitrogens with zero attached hydrogens (tertiary/aromatic N) is 1. The Hall–Kier alpha value is -3.02. The fourth-order valence-electron chi connectivity index (χ4n) is 2.60. The van der Waals surface area contributed by atoms with Crippen LogP contribution in [-0.2, 0) is 11.4 Å². The summed E-state index contributed by atoms with van der Waals surface area (Å²) in [6.07, 6.45) is 1.38. The van der Waals surface area contributed by atoms with Gasteiger partial charge in [-0.05, 0) is 32.0 Å². The molecule has 0 fully saturated rings. The molecule has 0 saturated heterocycles. The highest BCUT2D eigenvalue weighted by Gasteiger charge is 2.18. The van der Waals surface area contributed by atoms with Gasteiger partial charge in [0.05, 0.1) is 12.5 Å². The monoisotopic (exact) mass is 341 g/mol. The minimum absolute atomic E-state index is 0.353. The Morgan fingerprint density at radius 3 is 2.64 bits per heavy atom. The first-order chi connectivity index (χ1) is 12.0. The van der Waals surface area contributed by atoms with Gasteiger partial charge in [0.25, 0.3) is 0 Å². The molecule has 3 aromatic rings. The second-order valence-corrected chi connectivity index (χ2v) is 5.65. The Kier molecular flexibility index (Phi) is 4.61. The third-order valence-corrected chi connectivity index (χ3v) is 3.80. The number of hydrogen-bond acceptors (Lipinski definition) is 6. The van der Waals surface area contributed by atoms with E-state index in [9.17, 15) is 4.79 Å². The van der Waals surface area contributed by atoms with E-state index in [1.807, 2.05) is 26.0 Å². The third kappa shape index (κ3) is 3.42. The van der Waals surface area contributed by atoms with Gasteiger partial charge in [-0.1, -0.05) is 6.07 Å². The largest absolute Gasteiger partial charge is 0.490 e. The maximum atomic E-state index is 11.2. The number of furan rings is 1. The Morgan fingerprint density at radius 1 is 1.16 bits per heavy atom. The quantitative estimate of drug-likeness (QED) is 0.654. The molecule has 3 rings (SSSR count). The van der Waals surface area contributed by atoms with Crippen molar-refractivity contribution in [1.29, 1.82) is 0 Å². The molecule has 0 atom stereocenters. The third-order valence-electron chi connectivity index (χ3n) is 3.80. The van der Waals surface area contributed by atoms with E-state index in [2.05, 4.69) is 4.98 Å². The van der Waals surface area contributed by atoms with Crippen molar-refractivity contribution in [1.82, 2.24) is 4.98 Å². The molecule has 0 radical (unpaired) electrons. The zero-order chi connectivity index (χ0) is 18.0. The average molecular weight is 341 g/mol. The first kappa shape index (κ1) is 16.8. The van der Waals surface area contributed by atoms with Crippen molar-refractivity contribution in [2.45, 2.75) is 27.4 Å². The first-order valence-corrected chi connectivity index (χ1v) is 7.82. The molecule has 0 aliphatic carbocycles. The van der Waals surface area contributed by atoms with Crippen LogP contribution in [0.3, 0.4) is 0 Å². The molecule has 0 bridgehead atoms. The molecule has 25 heavy (non-hydrogen) atoms. The standard InChI is InChI=1S/C19H19NO5/c1-11-5-6-14(12(2)20-11)9-23-16-8-7-15-17(25-13(3)21)10-24-18(15)19(16)22-4/h5-8,10H,9H2,1-4H3. The smallest absolute Gasteiger partial charge is 0.308 e. The summed E-state index contributed by atoms with van der Waals surface area (Å²) in [5.41, 5.74) is 3.35. The van der Waals surface area contributed by atoms with Crippen molar-refractivity contribution in [3.8, 4) is 17.2 Å². The fourth-order valence-corrected chi connectivity index (χ4v) is 2.60. The van der Waals surface area contributed by atoms with E-state index >= 15 is 0 Å². The second kappa shape index (κ2) is 6.84. The summed E-state index contributed by atoms with van der Waals surface area (Å²) in [6.45, 7) is 5.60. The van der Waals surface area contributed by atoms with Crippen LogP contribution in [0.2, 0.25) is 0 Å². The van der Waals surface area contributed by atoms with Gasteiger partial charge in [0.1, 0.15) is 12.9 Å². The molecule has 130 valence electrons. The number of aryl methyl sites for hydroxylation is 2. The zero-order valence-electron chi connectivity index (χ0n) is 14.6. The molecule has 2 heterocycles. The molecular weight excluding hydrogens is 322 g/mol. The van der Waals surface area contributed by atoms with Gasteiger partial charge in [-0.3, -0.25) is 9.78 Å². The molecule has 2 aromatic heterocycles. The fraction of sp³-hybridized carbons (Fsp3) is 0.263. The molecule has 6 heteroatoms. The SMILES string of the molecule is COc1c(OCc2ccc(C)nc2C)ccc2c(OC(C)=O)coc12. The number of ether oxygens (including phenoxy) is 3. The van der Waals surface area contributed by atoms with Crippen LogP contribution in [0.1, 0.15) is 23.9 Å². The van der Waals surface area contributed by atoms with Crippen molar-refractivity contribution in [3.63, 3.8) is 0 Å². The van der Waals surface area contributed by atoms with Crippen molar-refractivity contribution in [3.05, 3.63) is 47.5 Å². The number of esters is 1. The number of rotatable bonds is 5. The van der Waals surface area contributed by atoms with E-state index in [1.165, 1.54) is 20.3 Å². The number of carbonyl (C=O) groups excluding carboxylic acids is 1. The molecule has 6 nitrogen and oxygen atoms in total. The summed E-state index contributed by atoms with van der Waals surface area (Å²) in [4.78, 5) is 15.6. The van der Waals surface area contributed by atoms with Crippen LogP contribution >= 0.6 is 0 Å². The number of fused-ring (bicyclic) bond motifs is 1. The molecule has 0 saturated carbocycles. The highest BCUT2D eigenvalue weighted by molar-refractivity contribution is 5.92. The van der Waals surface area contributed by atoms with Crippen LogP contribution in [0.4, 0.5) is 0 Å². The zero-order valence-corrected chi connectivity index (χ0v) is 14.6. The van der Waals surface area contributed by atoms with Crippen molar-refractivity contribution in [2.24, 2.45) is 0 Å². The Morgan fingerprint density at radius 2 is 1.96 bits per heavy atom. The van der Waals surface area contributed by atoms with Gasteiger partial charge in [0.2, 0.25) is 5.75 Å². The Balaban J connectivity index is 1.90. The highest BCUT2D eigenvalue weighted by Crippen LogP contribution is 2.40. The molecular formula is C19H19NO5. The van der Waals surface area contributed by atoms with Crippen LogP contribution in [0, 0.1) is 13.8 Å². The molecule has 1 aromatic carbocycles. The lowest BCUT2D eigenvalue weighted by Gasteiger charge is -2.12. The minimum Gasteiger partial charge on any atom is -0.490 e. The average Bonchev–Trinajstić information content (AvgIpc) is 2.96. The number of methoxy groups -OCH3 is 1. The molecule has 0 N–H and O–H groups in total. The van der Waals surface area contributed by atoms with Crippen LogP contribution in [0.25, 0.3) is 11.0 Å². The van der Waals surface area contributed by atoms with Gasteiger partial charge >= 0.3 is 5.97 Å². The van der Waals surface area contributed by atoms with Crippen molar-refractivity contribution >= 4 is 16.9 Å². The first-order valence-electron chi connectivity index (χ1n) is 7.82. The predicted molar refractivity (Wildman–Crippen MR) is 92.1 cm³/mol. The number of hydrogen-bond donors (Lipinski definition) is 0. The number of carbonyl (C=O) groups is 1. The summed E-state index contributed by atoms with van der Waals surface area (Å²) in [5, 5.41) is 0.646. The van der Waals surface area contributed by atoms with Crippen molar-refractivity contribution < 1.29 is 23.4 Å². The molecule has 0 aliphatic heterocycles. The second-order valence-electron chi connectivity index (χ2n) is 5.65. The van der Waals surface area contributed by atoms with Gasteiger partial charge in [-0.15, -0.1) is 0 Å². The van der Waals surface area contributed by atoms with E-state index < -0.39 is 5.97 Å². The van der Waals surface area contributed by atoms with Crippen LogP contribution < -0.4 is 14.2 Å². The normalized spacial score (nSPS) is 10.7. The lowest BCUT2D eigenvalue weighted by atomic mass is 10.2. The Labute approximate surface area is 145 Å². The molecule has 0 amide bonds. The number of pyridine rings is 1. The number of benzene rings is 1. The van der Waals surface area contributed by atoms with Gasteiger partial charge in [-0.25, -0.2) is 0 Å². The summed E-state index contributed by atoms with van der Waals surface area (Å²) in [6, 6.07) is 7.48. The molecule has 0 spiro atoms. The van der Waals surface area contributed by atoms with Gasteiger partial charge in [0.15, 0.2) is 17.1 Å². The van der Waals surface area contributed by atoms with Crippen molar-refractivity contribution in [2.75, 3.05) is 7.11 Å². The maximum absolute atomic E-state index is 11.2. The van der Waals surface area contributed by atoms with E-state index in [1.54, 1.807) is 12.1 Å². The summed E-state index contributed by atoms with van der Waals surface area (Å²) in [7, 11) is 1.54. The van der Waals surface area contributed by atoms with Gasteiger partial charge in [0, 0.05) is 23.9 Å². The summed E-state index contributed by atoms with van der Waals surface area (Å²) in [5.74, 6) is 0.933. The van der Waals surface area contributed by atoms with E-state index in [0.717, 1.165) is 17.0 Å². The van der Waals surface area contributed by atoms with Crippen LogP contribution in [0.5, 0.6) is 17.2 Å². The lowest BCUT2D eigenvalue weighted by molar-refractivity contribution is -0.131. The van der Waals surface area contributed by atoms with E-state index in [0.29, 0.717) is 34.8 Å². The minimum atomic E-state index is -0.413. The molecule has 0 unspecified atom stereocenters. The lowest BCUT2D eigenvalue weighted by Crippen LogP contribution is -2.02. The van der Waals surface area contributed by atoms with Gasteiger partial charge in [-0.2, -0.15) is 0 Å². The molecule has 0 aliphatic rings. The van der Waals surface area contributed by atoms with Gasteiger partial charge < -0.3 is 18.6 Å². The van der Waals surface area contributed by atoms with E-state index in [-0.39, 0.29) is 0 Å². The maximum Gasteiger partial charge on any atom is 0.308 e. The predicted octanol–water partition coefficient (Wildman–Crippen LogP) is 3.96. The summed E-state index contributed by atoms with van der Waals surface area (Å²) >= 11 is 0. The topological polar surface area (TPSA) is 70.8 Å². The number of aromatic nitrogens is 1. The Bertz CT molecular complexity index is 929. The van der Waals surface area contributed by atoms with Crippen LogP contribution in [-0.4, -0.2) is 18.1 Å².